The van der Waals surface area contributed by atoms with Gasteiger partial charge in [-0.05, 0) is 37.1 Å². The molecule has 3 aromatic heterocycles. The molecule has 1 amide bonds. The number of piperidine rings is 1. The number of thiazole rings is 1. The highest BCUT2D eigenvalue weighted by Crippen LogP contribution is 2.33. The number of carbonyl (C=O) groups excluding carboxylic acids is 1. The standard InChI is InChI=1S/C19H19ClN6O2S/c20-13-6-7-21-17(9-13)24-16-5-1-4-14(23-16)15-10-22-19(29-15)26-8-2-3-12(11-26)18(27)25-28/h1,4-7,9-10,12,28H,2-3,8,11H2,(H,25,27)(H,21,23,24)/t12-/m1/s1. The second-order valence-corrected chi connectivity index (χ2v) is 8.11. The summed E-state index contributed by atoms with van der Waals surface area (Å²) in [7, 11) is 0. The van der Waals surface area contributed by atoms with Gasteiger partial charge in [-0.15, -0.1) is 0 Å². The van der Waals surface area contributed by atoms with Crippen LogP contribution in [0.4, 0.5) is 16.8 Å². The molecule has 1 aliphatic heterocycles. The van der Waals surface area contributed by atoms with Gasteiger partial charge in [0.2, 0.25) is 5.91 Å². The molecule has 3 N–H and O–H groups in total. The van der Waals surface area contributed by atoms with Crippen molar-refractivity contribution in [2.24, 2.45) is 5.92 Å². The SMILES string of the molecule is O=C(NO)[C@@H]1CCCN(c2ncc(-c3cccc(Nc4cc(Cl)ccn4)n3)s2)C1. The first kappa shape index (κ1) is 19.6. The van der Waals surface area contributed by atoms with Crippen molar-refractivity contribution in [3.05, 3.63) is 47.7 Å². The van der Waals surface area contributed by atoms with E-state index >= 15 is 0 Å². The van der Waals surface area contributed by atoms with Gasteiger partial charge in [-0.2, -0.15) is 0 Å². The van der Waals surface area contributed by atoms with Crippen LogP contribution in [0.3, 0.4) is 0 Å². The molecule has 1 atom stereocenters. The number of rotatable bonds is 5. The van der Waals surface area contributed by atoms with Gasteiger partial charge in [0.15, 0.2) is 5.13 Å². The number of aromatic nitrogens is 3. The van der Waals surface area contributed by atoms with E-state index in [1.165, 1.54) is 11.3 Å². The van der Waals surface area contributed by atoms with E-state index in [-0.39, 0.29) is 11.8 Å². The lowest BCUT2D eigenvalue weighted by Crippen LogP contribution is -2.42. The lowest BCUT2D eigenvalue weighted by molar-refractivity contribution is -0.133. The van der Waals surface area contributed by atoms with E-state index in [9.17, 15) is 4.79 Å². The molecule has 0 spiro atoms. The van der Waals surface area contributed by atoms with Crippen molar-refractivity contribution >= 4 is 45.6 Å². The van der Waals surface area contributed by atoms with Crippen molar-refractivity contribution in [3.8, 4) is 10.6 Å². The largest absolute Gasteiger partial charge is 0.347 e. The Kier molecular flexibility index (Phi) is 5.89. The van der Waals surface area contributed by atoms with Crippen molar-refractivity contribution in [1.29, 1.82) is 0 Å². The average Bonchev–Trinajstić information content (AvgIpc) is 3.24. The van der Waals surface area contributed by atoms with Gasteiger partial charge in [0.25, 0.3) is 0 Å². The Bertz CT molecular complexity index is 1010. The van der Waals surface area contributed by atoms with Crippen LogP contribution in [0.25, 0.3) is 10.6 Å². The third-order valence-corrected chi connectivity index (χ3v) is 5.96. The molecular weight excluding hydrogens is 412 g/mol. The van der Waals surface area contributed by atoms with E-state index in [1.807, 2.05) is 18.2 Å². The molecule has 0 aliphatic carbocycles. The molecule has 3 aromatic rings. The average molecular weight is 431 g/mol. The Hall–Kier alpha value is -2.75. The molecule has 4 rings (SSSR count). The number of hydroxylamine groups is 1. The second kappa shape index (κ2) is 8.73. The normalized spacial score (nSPS) is 16.5. The Morgan fingerprint density at radius 3 is 3.00 bits per heavy atom. The highest BCUT2D eigenvalue weighted by Gasteiger charge is 2.27. The minimum Gasteiger partial charge on any atom is -0.347 e. The lowest BCUT2D eigenvalue weighted by Gasteiger charge is -2.31. The molecular formula is C19H19ClN6O2S. The summed E-state index contributed by atoms with van der Waals surface area (Å²) < 4.78 is 0. The maximum atomic E-state index is 11.7. The van der Waals surface area contributed by atoms with Crippen molar-refractivity contribution in [2.45, 2.75) is 12.8 Å². The van der Waals surface area contributed by atoms with Gasteiger partial charge >= 0.3 is 0 Å². The zero-order valence-corrected chi connectivity index (χ0v) is 17.0. The fourth-order valence-corrected chi connectivity index (χ4v) is 4.31. The highest BCUT2D eigenvalue weighted by atomic mass is 35.5. The number of carbonyl (C=O) groups is 1. The van der Waals surface area contributed by atoms with Crippen LogP contribution in [0, 0.1) is 5.92 Å². The minimum absolute atomic E-state index is 0.239. The molecule has 4 heterocycles. The number of nitrogens with one attached hydrogen (secondary N) is 2. The van der Waals surface area contributed by atoms with Crippen molar-refractivity contribution < 1.29 is 10.0 Å². The van der Waals surface area contributed by atoms with Gasteiger partial charge in [-0.1, -0.05) is 29.0 Å². The maximum Gasteiger partial charge on any atom is 0.248 e. The number of halogens is 1. The van der Waals surface area contributed by atoms with Crippen LogP contribution in [0.15, 0.2) is 42.7 Å². The highest BCUT2D eigenvalue weighted by molar-refractivity contribution is 7.18. The van der Waals surface area contributed by atoms with Crippen LogP contribution < -0.4 is 15.7 Å². The molecule has 10 heteroatoms. The third kappa shape index (κ3) is 4.64. The summed E-state index contributed by atoms with van der Waals surface area (Å²) in [6, 6.07) is 9.14. The number of anilines is 3. The molecule has 0 saturated carbocycles. The van der Waals surface area contributed by atoms with Crippen LogP contribution >= 0.6 is 22.9 Å². The summed E-state index contributed by atoms with van der Waals surface area (Å²) in [6.45, 7) is 1.37. The van der Waals surface area contributed by atoms with Crippen LogP contribution in [0.5, 0.6) is 0 Å². The first-order valence-electron chi connectivity index (χ1n) is 9.13. The fourth-order valence-electron chi connectivity index (χ4n) is 3.23. The number of pyridine rings is 2. The third-order valence-electron chi connectivity index (χ3n) is 4.65. The zero-order valence-electron chi connectivity index (χ0n) is 15.4. The quantitative estimate of drug-likeness (QED) is 0.418. The number of hydrogen-bond donors (Lipinski definition) is 3. The summed E-state index contributed by atoms with van der Waals surface area (Å²) in [4.78, 5) is 28.1. The summed E-state index contributed by atoms with van der Waals surface area (Å²) in [5.74, 6) is 0.692. The molecule has 1 saturated heterocycles. The fraction of sp³-hybridized carbons (Fsp3) is 0.263. The van der Waals surface area contributed by atoms with E-state index in [0.717, 1.165) is 35.1 Å². The predicted molar refractivity (Wildman–Crippen MR) is 113 cm³/mol. The van der Waals surface area contributed by atoms with Crippen LogP contribution in [-0.2, 0) is 4.79 Å². The Morgan fingerprint density at radius 2 is 2.17 bits per heavy atom. The van der Waals surface area contributed by atoms with E-state index in [0.29, 0.717) is 23.2 Å². The molecule has 29 heavy (non-hydrogen) atoms. The molecule has 8 nitrogen and oxygen atoms in total. The summed E-state index contributed by atoms with van der Waals surface area (Å²) in [6.07, 6.45) is 5.05. The van der Waals surface area contributed by atoms with E-state index < -0.39 is 0 Å². The van der Waals surface area contributed by atoms with Crippen LogP contribution in [-0.4, -0.2) is 39.2 Å². The van der Waals surface area contributed by atoms with Gasteiger partial charge in [0, 0.05) is 30.5 Å². The van der Waals surface area contributed by atoms with Crippen molar-refractivity contribution in [3.63, 3.8) is 0 Å². The second-order valence-electron chi connectivity index (χ2n) is 6.66. The predicted octanol–water partition coefficient (Wildman–Crippen LogP) is 3.72. The Morgan fingerprint density at radius 1 is 1.28 bits per heavy atom. The Labute approximate surface area is 176 Å². The first-order chi connectivity index (χ1) is 14.1. The van der Waals surface area contributed by atoms with Crippen LogP contribution in [0.2, 0.25) is 5.02 Å². The van der Waals surface area contributed by atoms with E-state index in [1.54, 1.807) is 30.0 Å². The minimum atomic E-state index is -0.346. The van der Waals surface area contributed by atoms with Crippen molar-refractivity contribution in [1.82, 2.24) is 20.4 Å². The van der Waals surface area contributed by atoms with Gasteiger partial charge in [-0.3, -0.25) is 10.0 Å². The van der Waals surface area contributed by atoms with Gasteiger partial charge < -0.3 is 10.2 Å². The first-order valence-corrected chi connectivity index (χ1v) is 10.3. The number of amides is 1. The smallest absolute Gasteiger partial charge is 0.248 e. The Balaban J connectivity index is 1.50. The molecule has 0 bridgehead atoms. The number of nitrogens with zero attached hydrogens (tertiary/aromatic N) is 4. The van der Waals surface area contributed by atoms with E-state index in [4.69, 9.17) is 16.8 Å². The van der Waals surface area contributed by atoms with Gasteiger partial charge in [0.1, 0.15) is 11.6 Å². The summed E-state index contributed by atoms with van der Waals surface area (Å²) in [5.41, 5.74) is 2.55. The molecule has 0 unspecified atom stereocenters. The molecule has 0 radical (unpaired) electrons. The van der Waals surface area contributed by atoms with E-state index in [2.05, 4.69) is 25.2 Å². The maximum absolute atomic E-state index is 11.7. The molecule has 0 aromatic carbocycles. The molecule has 150 valence electrons. The molecule has 1 fully saturated rings. The van der Waals surface area contributed by atoms with Gasteiger partial charge in [0.05, 0.1) is 16.5 Å². The topological polar surface area (TPSA) is 103 Å². The summed E-state index contributed by atoms with van der Waals surface area (Å²) >= 11 is 7.53. The lowest BCUT2D eigenvalue weighted by atomic mass is 9.98. The molecule has 1 aliphatic rings. The van der Waals surface area contributed by atoms with Crippen molar-refractivity contribution in [2.75, 3.05) is 23.3 Å². The zero-order chi connectivity index (χ0) is 20.2. The van der Waals surface area contributed by atoms with Gasteiger partial charge in [-0.25, -0.2) is 20.4 Å². The monoisotopic (exact) mass is 430 g/mol. The van der Waals surface area contributed by atoms with Crippen LogP contribution in [0.1, 0.15) is 12.8 Å². The summed E-state index contributed by atoms with van der Waals surface area (Å²) in [5, 5.41) is 13.5. The number of hydrogen-bond acceptors (Lipinski definition) is 8.